The molecule has 2 rings (SSSR count). The van der Waals surface area contributed by atoms with Crippen LogP contribution in [0.5, 0.6) is 0 Å². The van der Waals surface area contributed by atoms with Crippen molar-refractivity contribution in [3.63, 3.8) is 0 Å². The second-order valence-corrected chi connectivity index (χ2v) is 6.67. The normalized spacial score (nSPS) is 14.1. The summed E-state index contributed by atoms with van der Waals surface area (Å²) in [6, 6.07) is 4.06. The van der Waals surface area contributed by atoms with E-state index >= 15 is 0 Å². The molecule has 1 aliphatic rings. The van der Waals surface area contributed by atoms with Crippen LogP contribution in [0.1, 0.15) is 30.6 Å². The highest BCUT2D eigenvalue weighted by Gasteiger charge is 2.23. The van der Waals surface area contributed by atoms with E-state index in [1.807, 2.05) is 18.7 Å². The maximum Gasteiger partial charge on any atom is 0.341 e. The summed E-state index contributed by atoms with van der Waals surface area (Å²) in [6.45, 7) is 6.30. The predicted molar refractivity (Wildman–Crippen MR) is 98.9 cm³/mol. The lowest BCUT2D eigenvalue weighted by Crippen LogP contribution is -2.37. The lowest BCUT2D eigenvalue weighted by Gasteiger charge is -2.30. The first-order valence-electron chi connectivity index (χ1n) is 8.93. The van der Waals surface area contributed by atoms with E-state index in [4.69, 9.17) is 9.47 Å². The highest BCUT2D eigenvalue weighted by Crippen LogP contribution is 2.27. The fourth-order valence-corrected chi connectivity index (χ4v) is 2.64. The zero-order valence-corrected chi connectivity index (χ0v) is 15.6. The first-order valence-corrected chi connectivity index (χ1v) is 8.93. The van der Waals surface area contributed by atoms with Gasteiger partial charge in [-0.25, -0.2) is 4.79 Å². The molecule has 148 valence electrons. The molecule has 0 radical (unpaired) electrons. The number of rotatable bonds is 8. The van der Waals surface area contributed by atoms with Gasteiger partial charge < -0.3 is 19.7 Å². The van der Waals surface area contributed by atoms with Crippen molar-refractivity contribution < 1.29 is 24.0 Å². The summed E-state index contributed by atoms with van der Waals surface area (Å²) < 4.78 is 10.4. The lowest BCUT2D eigenvalue weighted by atomic mass is 10.1. The van der Waals surface area contributed by atoms with Crippen LogP contribution in [0, 0.1) is 16.0 Å². The number of nitrogens with zero attached hydrogens (tertiary/aromatic N) is 2. The molecule has 1 amide bonds. The van der Waals surface area contributed by atoms with E-state index in [0.29, 0.717) is 44.5 Å². The maximum atomic E-state index is 12.5. The molecule has 0 bridgehead atoms. The van der Waals surface area contributed by atoms with Gasteiger partial charge >= 0.3 is 5.97 Å². The Kier molecular flexibility index (Phi) is 7.54. The number of nitro benzene ring substituents is 1. The number of amides is 1. The van der Waals surface area contributed by atoms with Crippen LogP contribution in [0.4, 0.5) is 11.4 Å². The van der Waals surface area contributed by atoms with Gasteiger partial charge in [0.2, 0.25) is 0 Å². The van der Waals surface area contributed by atoms with E-state index in [0.717, 1.165) is 6.42 Å². The Hall–Kier alpha value is -2.68. The molecule has 0 atom stereocenters. The Labute approximate surface area is 157 Å². The lowest BCUT2D eigenvalue weighted by molar-refractivity contribution is -0.384. The highest BCUT2D eigenvalue weighted by atomic mass is 16.6. The summed E-state index contributed by atoms with van der Waals surface area (Å²) in [5.41, 5.74) is 0.399. The Balaban J connectivity index is 2.06. The first-order chi connectivity index (χ1) is 12.9. The number of benzene rings is 1. The quantitative estimate of drug-likeness (QED) is 0.416. The third kappa shape index (κ3) is 6.21. The van der Waals surface area contributed by atoms with Crippen LogP contribution >= 0.6 is 0 Å². The van der Waals surface area contributed by atoms with Gasteiger partial charge in [-0.1, -0.05) is 13.8 Å². The predicted octanol–water partition coefficient (Wildman–Crippen LogP) is 1.75. The summed E-state index contributed by atoms with van der Waals surface area (Å²) in [4.78, 5) is 36.7. The summed E-state index contributed by atoms with van der Waals surface area (Å²) >= 11 is 0. The molecule has 1 N–H and O–H groups in total. The monoisotopic (exact) mass is 379 g/mol. The van der Waals surface area contributed by atoms with Crippen molar-refractivity contribution in [2.45, 2.75) is 20.3 Å². The van der Waals surface area contributed by atoms with Crippen LogP contribution in [0.2, 0.25) is 0 Å². The van der Waals surface area contributed by atoms with Gasteiger partial charge in [-0.15, -0.1) is 0 Å². The van der Waals surface area contributed by atoms with Crippen LogP contribution in [-0.4, -0.2) is 56.3 Å². The van der Waals surface area contributed by atoms with Gasteiger partial charge in [0.1, 0.15) is 0 Å². The molecule has 1 aliphatic heterocycles. The number of hydrogen-bond acceptors (Lipinski definition) is 7. The standard InChI is InChI=1S/C18H25N3O6/c1-13(2)5-6-19-17(22)12-27-18(23)15-11-14(21(24)25)3-4-16(15)20-7-9-26-10-8-20/h3-4,11,13H,5-10,12H2,1-2H3,(H,19,22). The number of nitro groups is 1. The molecule has 0 aliphatic carbocycles. The second kappa shape index (κ2) is 9.86. The van der Waals surface area contributed by atoms with Gasteiger partial charge in [0.05, 0.1) is 29.4 Å². The summed E-state index contributed by atoms with van der Waals surface area (Å²) in [5, 5.41) is 13.7. The third-order valence-corrected chi connectivity index (χ3v) is 4.14. The number of esters is 1. The van der Waals surface area contributed by atoms with Crippen molar-refractivity contribution in [1.82, 2.24) is 5.32 Å². The molecule has 1 saturated heterocycles. The molecule has 1 fully saturated rings. The second-order valence-electron chi connectivity index (χ2n) is 6.67. The van der Waals surface area contributed by atoms with Crippen molar-refractivity contribution in [2.75, 3.05) is 44.4 Å². The largest absolute Gasteiger partial charge is 0.452 e. The SMILES string of the molecule is CC(C)CCNC(=O)COC(=O)c1cc([N+](=O)[O-])ccc1N1CCOCC1. The zero-order valence-electron chi connectivity index (χ0n) is 15.6. The number of carbonyl (C=O) groups is 2. The number of morpholine rings is 1. The van der Waals surface area contributed by atoms with E-state index < -0.39 is 23.4 Å². The molecule has 0 aromatic heterocycles. The zero-order chi connectivity index (χ0) is 19.8. The fraction of sp³-hybridized carbons (Fsp3) is 0.556. The van der Waals surface area contributed by atoms with E-state index in [1.165, 1.54) is 18.2 Å². The Morgan fingerprint density at radius 2 is 2.04 bits per heavy atom. The summed E-state index contributed by atoms with van der Waals surface area (Å²) in [5.74, 6) is -0.713. The molecule has 1 heterocycles. The Morgan fingerprint density at radius 3 is 2.67 bits per heavy atom. The van der Waals surface area contributed by atoms with Gasteiger partial charge in [0.25, 0.3) is 11.6 Å². The highest BCUT2D eigenvalue weighted by molar-refractivity contribution is 5.97. The van der Waals surface area contributed by atoms with Crippen LogP contribution in [-0.2, 0) is 14.3 Å². The van der Waals surface area contributed by atoms with Gasteiger partial charge in [-0.05, 0) is 18.4 Å². The van der Waals surface area contributed by atoms with Crippen LogP contribution in [0.3, 0.4) is 0 Å². The minimum atomic E-state index is -0.765. The number of anilines is 1. The molecule has 0 spiro atoms. The molecular formula is C18H25N3O6. The topological polar surface area (TPSA) is 111 Å². The van der Waals surface area contributed by atoms with E-state index in [2.05, 4.69) is 5.32 Å². The molecule has 0 unspecified atom stereocenters. The molecule has 9 heteroatoms. The van der Waals surface area contributed by atoms with Gasteiger partial charge in [0, 0.05) is 31.8 Å². The van der Waals surface area contributed by atoms with Crippen molar-refractivity contribution >= 4 is 23.3 Å². The van der Waals surface area contributed by atoms with E-state index in [9.17, 15) is 19.7 Å². The molecule has 9 nitrogen and oxygen atoms in total. The minimum Gasteiger partial charge on any atom is -0.452 e. The van der Waals surface area contributed by atoms with Gasteiger partial charge in [0.15, 0.2) is 6.61 Å². The number of ether oxygens (including phenoxy) is 2. The Morgan fingerprint density at radius 1 is 1.33 bits per heavy atom. The summed E-state index contributed by atoms with van der Waals surface area (Å²) in [6.07, 6.45) is 0.825. The average Bonchev–Trinajstić information content (AvgIpc) is 2.66. The van der Waals surface area contributed by atoms with Gasteiger partial charge in [-0.2, -0.15) is 0 Å². The fourth-order valence-electron chi connectivity index (χ4n) is 2.64. The van der Waals surface area contributed by atoms with Crippen LogP contribution in [0.25, 0.3) is 0 Å². The van der Waals surface area contributed by atoms with Crippen LogP contribution in [0.15, 0.2) is 18.2 Å². The molecule has 27 heavy (non-hydrogen) atoms. The van der Waals surface area contributed by atoms with E-state index in [1.54, 1.807) is 0 Å². The minimum absolute atomic E-state index is 0.0704. The average molecular weight is 379 g/mol. The van der Waals surface area contributed by atoms with Crippen molar-refractivity contribution in [1.29, 1.82) is 0 Å². The van der Waals surface area contributed by atoms with Crippen LogP contribution < -0.4 is 10.2 Å². The maximum absolute atomic E-state index is 12.5. The first kappa shape index (κ1) is 20.6. The van der Waals surface area contributed by atoms with Crippen molar-refractivity contribution in [3.8, 4) is 0 Å². The number of carbonyl (C=O) groups excluding carboxylic acids is 2. The Bertz CT molecular complexity index is 686. The third-order valence-electron chi connectivity index (χ3n) is 4.14. The number of hydrogen-bond donors (Lipinski definition) is 1. The van der Waals surface area contributed by atoms with Crippen molar-refractivity contribution in [2.24, 2.45) is 5.92 Å². The molecular weight excluding hydrogens is 354 g/mol. The van der Waals surface area contributed by atoms with E-state index in [-0.39, 0.29) is 11.3 Å². The molecule has 1 aromatic carbocycles. The summed E-state index contributed by atoms with van der Waals surface area (Å²) in [7, 11) is 0. The van der Waals surface area contributed by atoms with Crippen molar-refractivity contribution in [3.05, 3.63) is 33.9 Å². The smallest absolute Gasteiger partial charge is 0.341 e. The number of non-ortho nitro benzene ring substituents is 1. The van der Waals surface area contributed by atoms with Gasteiger partial charge in [-0.3, -0.25) is 14.9 Å². The number of nitrogens with one attached hydrogen (secondary N) is 1. The molecule has 0 saturated carbocycles. The molecule has 1 aromatic rings.